The van der Waals surface area contributed by atoms with Gasteiger partial charge in [0.25, 0.3) is 5.91 Å². The number of amides is 1. The van der Waals surface area contributed by atoms with Crippen molar-refractivity contribution < 1.29 is 4.79 Å². The number of rotatable bonds is 2. The highest BCUT2D eigenvalue weighted by Crippen LogP contribution is 2.20. The fourth-order valence-corrected chi connectivity index (χ4v) is 2.10. The number of likely N-dealkylation sites (N-methyl/N-ethyl adjacent to an activating group) is 1. The Kier molecular flexibility index (Phi) is 3.72. The van der Waals surface area contributed by atoms with Gasteiger partial charge in [0.1, 0.15) is 0 Å². The van der Waals surface area contributed by atoms with Gasteiger partial charge in [0.05, 0.1) is 11.4 Å². The number of carbonyl (C=O) groups is 1. The van der Waals surface area contributed by atoms with Crippen LogP contribution in [0.3, 0.4) is 0 Å². The number of hydrogen-bond donors (Lipinski definition) is 2. The zero-order chi connectivity index (χ0) is 13.1. The van der Waals surface area contributed by atoms with Gasteiger partial charge in [-0.05, 0) is 25.2 Å². The molecule has 98 valence electrons. The molecule has 0 bridgehead atoms. The van der Waals surface area contributed by atoms with Crippen LogP contribution in [0.5, 0.6) is 0 Å². The Morgan fingerprint density at radius 2 is 1.94 bits per heavy atom. The van der Waals surface area contributed by atoms with E-state index in [1.807, 2.05) is 11.0 Å². The molecule has 1 heterocycles. The summed E-state index contributed by atoms with van der Waals surface area (Å²) in [6.45, 7) is 3.43. The monoisotopic (exact) mass is 248 g/mol. The summed E-state index contributed by atoms with van der Waals surface area (Å²) in [5, 5.41) is 3.00. The number of benzene rings is 1. The largest absolute Gasteiger partial charge is 0.397 e. The highest BCUT2D eigenvalue weighted by Gasteiger charge is 2.20. The topological polar surface area (TPSA) is 61.6 Å². The predicted octanol–water partition coefficient (Wildman–Crippen LogP) is 0.698. The molecule has 0 aliphatic carbocycles. The third-order valence-corrected chi connectivity index (χ3v) is 3.36. The summed E-state index contributed by atoms with van der Waals surface area (Å²) in [7, 11) is 3.87. The number of nitrogen functional groups attached to an aromatic ring is 1. The van der Waals surface area contributed by atoms with Crippen molar-refractivity contribution in [3.8, 4) is 0 Å². The van der Waals surface area contributed by atoms with Crippen LogP contribution in [0.4, 0.5) is 11.4 Å². The van der Waals surface area contributed by atoms with E-state index in [0.717, 1.165) is 31.9 Å². The van der Waals surface area contributed by atoms with Crippen LogP contribution in [-0.2, 0) is 0 Å². The normalized spacial score (nSPS) is 16.7. The number of anilines is 2. The molecule has 3 N–H and O–H groups in total. The van der Waals surface area contributed by atoms with Crippen molar-refractivity contribution in [1.82, 2.24) is 9.80 Å². The van der Waals surface area contributed by atoms with Crippen molar-refractivity contribution in [2.24, 2.45) is 0 Å². The first-order valence-corrected chi connectivity index (χ1v) is 6.17. The van der Waals surface area contributed by atoms with Crippen LogP contribution < -0.4 is 11.1 Å². The molecule has 1 aliphatic rings. The molecule has 0 radical (unpaired) electrons. The van der Waals surface area contributed by atoms with E-state index in [1.165, 1.54) is 0 Å². The average molecular weight is 248 g/mol. The highest BCUT2D eigenvalue weighted by molar-refractivity contribution is 5.96. The summed E-state index contributed by atoms with van der Waals surface area (Å²) in [5.41, 5.74) is 7.96. The van der Waals surface area contributed by atoms with Gasteiger partial charge in [0.15, 0.2) is 0 Å². The van der Waals surface area contributed by atoms with E-state index in [1.54, 1.807) is 19.2 Å². The van der Waals surface area contributed by atoms with Gasteiger partial charge in [-0.15, -0.1) is 0 Å². The smallest absolute Gasteiger partial charge is 0.254 e. The SMILES string of the molecule is CNc1cc(C(=O)N2CCN(C)CC2)ccc1N. The van der Waals surface area contributed by atoms with Gasteiger partial charge in [0.2, 0.25) is 0 Å². The molecule has 0 atom stereocenters. The second-order valence-corrected chi connectivity index (χ2v) is 4.65. The Bertz CT molecular complexity index is 439. The Morgan fingerprint density at radius 3 is 2.56 bits per heavy atom. The van der Waals surface area contributed by atoms with Crippen molar-refractivity contribution in [3.63, 3.8) is 0 Å². The molecule has 1 aromatic carbocycles. The van der Waals surface area contributed by atoms with Gasteiger partial charge < -0.3 is 20.9 Å². The molecule has 0 spiro atoms. The molecule has 2 rings (SSSR count). The molecular formula is C13H20N4O. The molecule has 0 saturated carbocycles. The highest BCUT2D eigenvalue weighted by atomic mass is 16.2. The third-order valence-electron chi connectivity index (χ3n) is 3.36. The fourth-order valence-electron chi connectivity index (χ4n) is 2.10. The molecule has 1 aliphatic heterocycles. The summed E-state index contributed by atoms with van der Waals surface area (Å²) < 4.78 is 0. The Labute approximate surface area is 108 Å². The van der Waals surface area contributed by atoms with E-state index >= 15 is 0 Å². The lowest BCUT2D eigenvalue weighted by Crippen LogP contribution is -2.47. The molecule has 0 unspecified atom stereocenters. The van der Waals surface area contributed by atoms with Gasteiger partial charge >= 0.3 is 0 Å². The number of hydrogen-bond acceptors (Lipinski definition) is 4. The molecule has 5 heteroatoms. The summed E-state index contributed by atoms with van der Waals surface area (Å²) in [5.74, 6) is 0.0830. The van der Waals surface area contributed by atoms with Crippen LogP contribution in [0.25, 0.3) is 0 Å². The van der Waals surface area contributed by atoms with Crippen LogP contribution in [-0.4, -0.2) is 56.0 Å². The summed E-state index contributed by atoms with van der Waals surface area (Å²) in [4.78, 5) is 16.4. The molecule has 1 amide bonds. The van der Waals surface area contributed by atoms with Gasteiger partial charge in [-0.3, -0.25) is 4.79 Å². The van der Waals surface area contributed by atoms with Gasteiger partial charge in [-0.2, -0.15) is 0 Å². The maximum atomic E-state index is 12.3. The van der Waals surface area contributed by atoms with Crippen LogP contribution in [0.1, 0.15) is 10.4 Å². The van der Waals surface area contributed by atoms with Crippen molar-refractivity contribution in [1.29, 1.82) is 0 Å². The first-order valence-electron chi connectivity index (χ1n) is 6.17. The van der Waals surface area contributed by atoms with E-state index < -0.39 is 0 Å². The van der Waals surface area contributed by atoms with Crippen molar-refractivity contribution >= 4 is 17.3 Å². The lowest BCUT2D eigenvalue weighted by Gasteiger charge is -2.32. The third kappa shape index (κ3) is 2.56. The quantitative estimate of drug-likeness (QED) is 0.756. The van der Waals surface area contributed by atoms with Crippen molar-refractivity contribution in [2.75, 3.05) is 51.3 Å². The number of carbonyl (C=O) groups excluding carboxylic acids is 1. The summed E-state index contributed by atoms with van der Waals surface area (Å²) >= 11 is 0. The van der Waals surface area contributed by atoms with Crippen molar-refractivity contribution in [3.05, 3.63) is 23.8 Å². The number of nitrogens with zero attached hydrogens (tertiary/aromatic N) is 2. The number of piperazine rings is 1. The number of nitrogens with two attached hydrogens (primary N) is 1. The minimum absolute atomic E-state index is 0.0830. The maximum Gasteiger partial charge on any atom is 0.254 e. The average Bonchev–Trinajstić information content (AvgIpc) is 2.39. The zero-order valence-corrected chi connectivity index (χ0v) is 10.9. The van der Waals surface area contributed by atoms with E-state index in [9.17, 15) is 4.79 Å². The van der Waals surface area contributed by atoms with E-state index in [0.29, 0.717) is 11.3 Å². The zero-order valence-electron chi connectivity index (χ0n) is 10.9. The standard InChI is InChI=1S/C13H20N4O/c1-15-12-9-10(3-4-11(12)14)13(18)17-7-5-16(2)6-8-17/h3-4,9,15H,5-8,14H2,1-2H3. The Morgan fingerprint density at radius 1 is 1.28 bits per heavy atom. The number of nitrogens with one attached hydrogen (secondary N) is 1. The molecule has 0 aromatic heterocycles. The van der Waals surface area contributed by atoms with Crippen LogP contribution >= 0.6 is 0 Å². The molecule has 1 aromatic rings. The Balaban J connectivity index is 2.13. The lowest BCUT2D eigenvalue weighted by atomic mass is 10.1. The van der Waals surface area contributed by atoms with Crippen LogP contribution in [0, 0.1) is 0 Å². The minimum Gasteiger partial charge on any atom is -0.397 e. The second kappa shape index (κ2) is 5.27. The molecular weight excluding hydrogens is 228 g/mol. The van der Waals surface area contributed by atoms with Crippen LogP contribution in [0.15, 0.2) is 18.2 Å². The molecule has 1 saturated heterocycles. The lowest BCUT2D eigenvalue weighted by molar-refractivity contribution is 0.0664. The fraction of sp³-hybridized carbons (Fsp3) is 0.462. The minimum atomic E-state index is 0.0830. The molecule has 1 fully saturated rings. The Hall–Kier alpha value is -1.75. The van der Waals surface area contributed by atoms with E-state index in [2.05, 4.69) is 17.3 Å². The first kappa shape index (κ1) is 12.7. The maximum absolute atomic E-state index is 12.3. The van der Waals surface area contributed by atoms with Gasteiger partial charge in [0, 0.05) is 38.8 Å². The summed E-state index contributed by atoms with van der Waals surface area (Å²) in [6, 6.07) is 5.38. The second-order valence-electron chi connectivity index (χ2n) is 4.65. The van der Waals surface area contributed by atoms with Gasteiger partial charge in [-0.25, -0.2) is 0 Å². The summed E-state index contributed by atoms with van der Waals surface area (Å²) in [6.07, 6.45) is 0. The molecule has 5 nitrogen and oxygen atoms in total. The van der Waals surface area contributed by atoms with E-state index in [-0.39, 0.29) is 5.91 Å². The first-order chi connectivity index (χ1) is 8.61. The molecule has 18 heavy (non-hydrogen) atoms. The van der Waals surface area contributed by atoms with Gasteiger partial charge in [-0.1, -0.05) is 0 Å². The predicted molar refractivity (Wildman–Crippen MR) is 73.8 cm³/mol. The van der Waals surface area contributed by atoms with Crippen molar-refractivity contribution in [2.45, 2.75) is 0 Å². The van der Waals surface area contributed by atoms with E-state index in [4.69, 9.17) is 5.73 Å². The van der Waals surface area contributed by atoms with Crippen LogP contribution in [0.2, 0.25) is 0 Å².